The van der Waals surface area contributed by atoms with Crippen molar-refractivity contribution in [3.8, 4) is 5.75 Å². The van der Waals surface area contributed by atoms with E-state index in [1.807, 2.05) is 13.8 Å². The Morgan fingerprint density at radius 3 is 1.92 bits per heavy atom. The number of aromatic nitrogens is 1. The molecule has 0 aliphatic heterocycles. The van der Waals surface area contributed by atoms with Crippen molar-refractivity contribution < 1.29 is 14.3 Å². The Balaban J connectivity index is 1.74. The molecule has 1 aromatic heterocycles. The number of pyridine rings is 1. The lowest BCUT2D eigenvalue weighted by molar-refractivity contribution is 0.0927. The number of nitrogens with one attached hydrogen (secondary N) is 2. The lowest BCUT2D eigenvalue weighted by Gasteiger charge is -2.10. The minimum Gasteiger partial charge on any atom is -0.491 e. The minimum absolute atomic E-state index is 0.0914. The number of rotatable bonds is 7. The Morgan fingerprint density at radius 1 is 0.917 bits per heavy atom. The summed E-state index contributed by atoms with van der Waals surface area (Å²) < 4.78 is 5.53. The standard InChI is InChI=1S/C18H21N3O3/c1-13(2)24-16-5-3-14(4-6-16)17(22)20-11-12-21-18(23)15-7-9-19-10-8-15/h3-10,13H,11-12H2,1-2H3,(H,20,22)(H,21,23). The van der Waals surface area contributed by atoms with Gasteiger partial charge in [0.1, 0.15) is 5.75 Å². The second-order valence-electron chi connectivity index (χ2n) is 5.44. The minimum atomic E-state index is -0.193. The summed E-state index contributed by atoms with van der Waals surface area (Å²) in [5.41, 5.74) is 1.09. The Hall–Kier alpha value is -2.89. The van der Waals surface area contributed by atoms with Crippen molar-refractivity contribution >= 4 is 11.8 Å². The number of ether oxygens (including phenoxy) is 1. The van der Waals surface area contributed by atoms with Crippen LogP contribution in [-0.2, 0) is 0 Å². The molecule has 126 valence electrons. The van der Waals surface area contributed by atoms with Crippen LogP contribution < -0.4 is 15.4 Å². The molecule has 0 fully saturated rings. The molecule has 0 atom stereocenters. The van der Waals surface area contributed by atoms with Crippen molar-refractivity contribution in [2.45, 2.75) is 20.0 Å². The van der Waals surface area contributed by atoms with Gasteiger partial charge in [-0.05, 0) is 50.2 Å². The predicted molar refractivity (Wildman–Crippen MR) is 91.1 cm³/mol. The zero-order valence-electron chi connectivity index (χ0n) is 13.8. The van der Waals surface area contributed by atoms with Gasteiger partial charge in [-0.1, -0.05) is 0 Å². The smallest absolute Gasteiger partial charge is 0.251 e. The number of hydrogen-bond donors (Lipinski definition) is 2. The molecule has 2 aromatic rings. The van der Waals surface area contributed by atoms with Gasteiger partial charge in [-0.3, -0.25) is 14.6 Å². The number of hydrogen-bond acceptors (Lipinski definition) is 4. The van der Waals surface area contributed by atoms with Crippen LogP contribution in [0.2, 0.25) is 0 Å². The molecular formula is C18H21N3O3. The van der Waals surface area contributed by atoms with Gasteiger partial charge >= 0.3 is 0 Å². The molecule has 0 aliphatic carbocycles. The van der Waals surface area contributed by atoms with Crippen molar-refractivity contribution in [3.63, 3.8) is 0 Å². The third-order valence-corrected chi connectivity index (χ3v) is 3.13. The van der Waals surface area contributed by atoms with Gasteiger partial charge in [-0.25, -0.2) is 0 Å². The Labute approximate surface area is 141 Å². The van der Waals surface area contributed by atoms with E-state index in [0.717, 1.165) is 5.75 Å². The van der Waals surface area contributed by atoms with Gasteiger partial charge < -0.3 is 15.4 Å². The van der Waals surface area contributed by atoms with Crippen LogP contribution in [0.25, 0.3) is 0 Å². The second-order valence-corrected chi connectivity index (χ2v) is 5.44. The van der Waals surface area contributed by atoms with E-state index >= 15 is 0 Å². The first-order chi connectivity index (χ1) is 11.6. The average Bonchev–Trinajstić information content (AvgIpc) is 2.59. The highest BCUT2D eigenvalue weighted by atomic mass is 16.5. The van der Waals surface area contributed by atoms with Gasteiger partial charge in [0.2, 0.25) is 0 Å². The molecule has 24 heavy (non-hydrogen) atoms. The highest BCUT2D eigenvalue weighted by molar-refractivity contribution is 5.95. The molecule has 0 aliphatic rings. The molecule has 2 amide bonds. The fourth-order valence-electron chi connectivity index (χ4n) is 2.02. The largest absolute Gasteiger partial charge is 0.491 e. The van der Waals surface area contributed by atoms with Crippen LogP contribution in [0.15, 0.2) is 48.8 Å². The molecule has 0 unspecified atom stereocenters. The van der Waals surface area contributed by atoms with Gasteiger partial charge in [0.05, 0.1) is 6.10 Å². The first-order valence-electron chi connectivity index (χ1n) is 7.79. The van der Waals surface area contributed by atoms with Gasteiger partial charge in [-0.15, -0.1) is 0 Å². The Morgan fingerprint density at radius 2 is 1.42 bits per heavy atom. The maximum Gasteiger partial charge on any atom is 0.251 e. The van der Waals surface area contributed by atoms with Crippen LogP contribution in [0, 0.1) is 0 Å². The molecule has 1 aromatic carbocycles. The van der Waals surface area contributed by atoms with Crippen LogP contribution >= 0.6 is 0 Å². The van der Waals surface area contributed by atoms with Crippen LogP contribution in [0.5, 0.6) is 5.75 Å². The maximum atomic E-state index is 12.0. The van der Waals surface area contributed by atoms with E-state index < -0.39 is 0 Å². The summed E-state index contributed by atoms with van der Waals surface area (Å²) in [4.78, 5) is 27.7. The van der Waals surface area contributed by atoms with E-state index in [2.05, 4.69) is 15.6 Å². The average molecular weight is 327 g/mol. The van der Waals surface area contributed by atoms with Crippen LogP contribution in [0.1, 0.15) is 34.6 Å². The van der Waals surface area contributed by atoms with E-state index in [-0.39, 0.29) is 17.9 Å². The zero-order chi connectivity index (χ0) is 17.4. The summed E-state index contributed by atoms with van der Waals surface area (Å²) in [6.45, 7) is 4.59. The predicted octanol–water partition coefficient (Wildman–Crippen LogP) is 2.03. The van der Waals surface area contributed by atoms with E-state index in [1.165, 1.54) is 0 Å². The molecule has 0 saturated heterocycles. The van der Waals surface area contributed by atoms with E-state index in [0.29, 0.717) is 24.2 Å². The summed E-state index contributed by atoms with van der Waals surface area (Å²) in [6, 6.07) is 10.2. The van der Waals surface area contributed by atoms with Gasteiger partial charge in [0.25, 0.3) is 11.8 Å². The number of nitrogens with zero attached hydrogens (tertiary/aromatic N) is 1. The topological polar surface area (TPSA) is 80.3 Å². The third-order valence-electron chi connectivity index (χ3n) is 3.13. The molecule has 2 rings (SSSR count). The number of benzene rings is 1. The van der Waals surface area contributed by atoms with E-state index in [1.54, 1.807) is 48.8 Å². The van der Waals surface area contributed by atoms with Crippen LogP contribution in [0.3, 0.4) is 0 Å². The summed E-state index contributed by atoms with van der Waals surface area (Å²) in [7, 11) is 0. The SMILES string of the molecule is CC(C)Oc1ccc(C(=O)NCCNC(=O)c2ccncc2)cc1. The molecule has 0 spiro atoms. The van der Waals surface area contributed by atoms with Crippen LogP contribution in [-0.4, -0.2) is 36.0 Å². The molecule has 0 radical (unpaired) electrons. The monoisotopic (exact) mass is 327 g/mol. The summed E-state index contributed by atoms with van der Waals surface area (Å²) in [6.07, 6.45) is 3.21. The maximum absolute atomic E-state index is 12.0. The van der Waals surface area contributed by atoms with Crippen molar-refractivity contribution in [1.29, 1.82) is 0 Å². The molecule has 0 bridgehead atoms. The third kappa shape index (κ3) is 5.39. The summed E-state index contributed by atoms with van der Waals surface area (Å²) in [5, 5.41) is 5.49. The molecule has 0 saturated carbocycles. The van der Waals surface area contributed by atoms with Crippen molar-refractivity contribution in [3.05, 3.63) is 59.9 Å². The first kappa shape index (κ1) is 17.5. The number of carbonyl (C=O) groups is 2. The van der Waals surface area contributed by atoms with Gasteiger partial charge in [0, 0.05) is 36.6 Å². The van der Waals surface area contributed by atoms with Crippen molar-refractivity contribution in [1.82, 2.24) is 15.6 Å². The van der Waals surface area contributed by atoms with E-state index in [4.69, 9.17) is 4.74 Å². The van der Waals surface area contributed by atoms with Crippen molar-refractivity contribution in [2.75, 3.05) is 13.1 Å². The molecule has 6 heteroatoms. The van der Waals surface area contributed by atoms with Crippen LogP contribution in [0.4, 0.5) is 0 Å². The second kappa shape index (κ2) is 8.67. The highest BCUT2D eigenvalue weighted by Gasteiger charge is 2.07. The normalized spacial score (nSPS) is 10.3. The van der Waals surface area contributed by atoms with E-state index in [9.17, 15) is 9.59 Å². The fraction of sp³-hybridized carbons (Fsp3) is 0.278. The number of carbonyl (C=O) groups excluding carboxylic acids is 2. The summed E-state index contributed by atoms with van der Waals surface area (Å²) >= 11 is 0. The lowest BCUT2D eigenvalue weighted by atomic mass is 10.2. The molecular weight excluding hydrogens is 306 g/mol. The fourth-order valence-corrected chi connectivity index (χ4v) is 2.02. The summed E-state index contributed by atoms with van der Waals surface area (Å²) in [5.74, 6) is 0.345. The lowest BCUT2D eigenvalue weighted by Crippen LogP contribution is -2.34. The Bertz CT molecular complexity index is 670. The van der Waals surface area contributed by atoms with Crippen molar-refractivity contribution in [2.24, 2.45) is 0 Å². The highest BCUT2D eigenvalue weighted by Crippen LogP contribution is 2.13. The van der Waals surface area contributed by atoms with Gasteiger partial charge in [0.15, 0.2) is 0 Å². The first-order valence-corrected chi connectivity index (χ1v) is 7.79. The molecule has 6 nitrogen and oxygen atoms in total. The Kier molecular flexibility index (Phi) is 6.31. The molecule has 1 heterocycles. The quantitative estimate of drug-likeness (QED) is 0.763. The number of amides is 2. The molecule has 2 N–H and O–H groups in total. The zero-order valence-corrected chi connectivity index (χ0v) is 13.8. The van der Waals surface area contributed by atoms with Gasteiger partial charge in [-0.2, -0.15) is 0 Å².